The summed E-state index contributed by atoms with van der Waals surface area (Å²) in [5.41, 5.74) is 0.232. The molecule has 0 radical (unpaired) electrons. The molecule has 1 N–H and O–H groups in total. The number of β-lactam (4-membered cyclic amide) rings is 1. The SMILES string of the molecule is O=C1[C@@H](C2CC2)[C@@H](c2c(F)cc(-c3ccc(C(F)(F)F)nn3)cc2F)N1c1ccc2[nH]cnc2c1. The van der Waals surface area contributed by atoms with Crippen LogP contribution in [0.5, 0.6) is 0 Å². The molecule has 0 unspecified atom stereocenters. The first-order valence-electron chi connectivity index (χ1n) is 10.9. The molecule has 2 aromatic carbocycles. The van der Waals surface area contributed by atoms with Crippen LogP contribution < -0.4 is 4.90 Å². The van der Waals surface area contributed by atoms with Crippen molar-refractivity contribution in [2.24, 2.45) is 11.8 Å². The Morgan fingerprint density at radius 3 is 2.34 bits per heavy atom. The number of hydrogen-bond acceptors (Lipinski definition) is 4. The number of rotatable bonds is 4. The molecule has 1 amide bonds. The largest absolute Gasteiger partial charge is 0.435 e. The Balaban J connectivity index is 1.39. The zero-order valence-corrected chi connectivity index (χ0v) is 17.9. The number of imidazole rings is 1. The molecule has 35 heavy (non-hydrogen) atoms. The maximum absolute atomic E-state index is 15.4. The fraction of sp³-hybridized carbons (Fsp3) is 0.250. The van der Waals surface area contributed by atoms with Gasteiger partial charge in [-0.3, -0.25) is 4.79 Å². The van der Waals surface area contributed by atoms with E-state index < -0.39 is 35.5 Å². The first kappa shape index (κ1) is 21.6. The van der Waals surface area contributed by atoms with Crippen molar-refractivity contribution in [3.63, 3.8) is 0 Å². The highest BCUT2D eigenvalue weighted by atomic mass is 19.4. The van der Waals surface area contributed by atoms with Gasteiger partial charge in [-0.15, -0.1) is 10.2 Å². The number of amides is 1. The second kappa shape index (κ2) is 7.56. The maximum Gasteiger partial charge on any atom is 0.435 e. The zero-order chi connectivity index (χ0) is 24.5. The molecular formula is C24H16F5N5O. The number of fused-ring (bicyclic) bond motifs is 1. The van der Waals surface area contributed by atoms with Crippen LogP contribution in [0.25, 0.3) is 22.3 Å². The summed E-state index contributed by atoms with van der Waals surface area (Å²) in [6.45, 7) is 0. The lowest BCUT2D eigenvalue weighted by atomic mass is 9.78. The van der Waals surface area contributed by atoms with E-state index in [2.05, 4.69) is 20.2 Å². The first-order valence-corrected chi connectivity index (χ1v) is 10.9. The van der Waals surface area contributed by atoms with E-state index in [0.717, 1.165) is 36.6 Å². The van der Waals surface area contributed by atoms with Gasteiger partial charge < -0.3 is 9.88 Å². The third kappa shape index (κ3) is 3.53. The summed E-state index contributed by atoms with van der Waals surface area (Å²) in [5, 5.41) is 6.60. The van der Waals surface area contributed by atoms with E-state index in [1.165, 1.54) is 11.2 Å². The number of nitrogens with zero attached hydrogens (tertiary/aromatic N) is 4. The van der Waals surface area contributed by atoms with Gasteiger partial charge in [0.25, 0.3) is 0 Å². The van der Waals surface area contributed by atoms with Crippen molar-refractivity contribution in [2.45, 2.75) is 25.1 Å². The summed E-state index contributed by atoms with van der Waals surface area (Å²) in [6, 6.07) is 8.00. The number of hydrogen-bond donors (Lipinski definition) is 1. The lowest BCUT2D eigenvalue weighted by molar-refractivity contribution is -0.141. The highest BCUT2D eigenvalue weighted by Gasteiger charge is 2.56. The van der Waals surface area contributed by atoms with Crippen LogP contribution in [0.15, 0.2) is 48.8 Å². The second-order valence-electron chi connectivity index (χ2n) is 8.78. The Hall–Kier alpha value is -3.89. The van der Waals surface area contributed by atoms with Crippen LogP contribution >= 0.6 is 0 Å². The van der Waals surface area contributed by atoms with Crippen LogP contribution in [0, 0.1) is 23.5 Å². The number of anilines is 1. The molecule has 3 heterocycles. The average molecular weight is 485 g/mol. The second-order valence-corrected chi connectivity index (χ2v) is 8.78. The van der Waals surface area contributed by atoms with Crippen LogP contribution in [0.1, 0.15) is 30.1 Å². The lowest BCUT2D eigenvalue weighted by Crippen LogP contribution is -2.56. The lowest BCUT2D eigenvalue weighted by Gasteiger charge is -2.48. The number of aromatic nitrogens is 4. The summed E-state index contributed by atoms with van der Waals surface area (Å²) >= 11 is 0. The third-order valence-corrected chi connectivity index (χ3v) is 6.58. The molecule has 0 spiro atoms. The van der Waals surface area contributed by atoms with Crippen molar-refractivity contribution in [3.05, 3.63) is 71.7 Å². The Bertz CT molecular complexity index is 1440. The van der Waals surface area contributed by atoms with Crippen LogP contribution in [-0.2, 0) is 11.0 Å². The molecule has 6 rings (SSSR count). The minimum atomic E-state index is -4.68. The molecule has 2 atom stereocenters. The number of benzene rings is 2. The highest BCUT2D eigenvalue weighted by molar-refractivity contribution is 6.04. The van der Waals surface area contributed by atoms with Crippen LogP contribution in [0.4, 0.5) is 27.6 Å². The minimum Gasteiger partial charge on any atom is -0.345 e. The van der Waals surface area contributed by atoms with Gasteiger partial charge in [-0.05, 0) is 61.2 Å². The van der Waals surface area contributed by atoms with E-state index in [0.29, 0.717) is 17.3 Å². The van der Waals surface area contributed by atoms with Gasteiger partial charge in [0.2, 0.25) is 5.91 Å². The summed E-state index contributed by atoms with van der Waals surface area (Å²) in [6.07, 6.45) is -1.55. The molecule has 2 fully saturated rings. The normalized spacial score (nSPS) is 20.4. The molecule has 0 bridgehead atoms. The highest BCUT2D eigenvalue weighted by Crippen LogP contribution is 2.55. The van der Waals surface area contributed by atoms with Crippen LogP contribution in [-0.4, -0.2) is 26.1 Å². The Kier molecular flexibility index (Phi) is 4.67. The van der Waals surface area contributed by atoms with Crippen molar-refractivity contribution in [2.75, 3.05) is 4.90 Å². The van der Waals surface area contributed by atoms with E-state index >= 15 is 8.78 Å². The van der Waals surface area contributed by atoms with E-state index in [1.807, 2.05) is 0 Å². The zero-order valence-electron chi connectivity index (χ0n) is 17.9. The van der Waals surface area contributed by atoms with Crippen molar-refractivity contribution in [1.29, 1.82) is 0 Å². The predicted molar refractivity (Wildman–Crippen MR) is 115 cm³/mol. The van der Waals surface area contributed by atoms with Crippen molar-refractivity contribution in [3.8, 4) is 11.3 Å². The van der Waals surface area contributed by atoms with Gasteiger partial charge in [0.05, 0.1) is 35.0 Å². The predicted octanol–water partition coefficient (Wildman–Crippen LogP) is 5.43. The standard InChI is InChI=1S/C24H16F5N5O/c25-14-7-12(16-5-6-19(33-32-16)24(27,28)29)8-15(26)21(14)22-20(11-1-2-11)23(35)34(22)13-3-4-17-18(9-13)31-10-30-17/h3-11,20,22H,1-2H2,(H,30,31)/t20-,22-/m0/s1. The average Bonchev–Trinajstić information content (AvgIpc) is 3.52. The van der Waals surface area contributed by atoms with E-state index in [9.17, 15) is 18.0 Å². The van der Waals surface area contributed by atoms with Gasteiger partial charge in [0.1, 0.15) is 11.6 Å². The maximum atomic E-state index is 15.4. The Morgan fingerprint density at radius 1 is 0.971 bits per heavy atom. The van der Waals surface area contributed by atoms with E-state index in [1.54, 1.807) is 18.2 Å². The molecule has 1 aliphatic carbocycles. The number of halogens is 5. The van der Waals surface area contributed by atoms with Crippen LogP contribution in [0.3, 0.4) is 0 Å². The van der Waals surface area contributed by atoms with Gasteiger partial charge in [0.15, 0.2) is 5.69 Å². The number of alkyl halides is 3. The van der Waals surface area contributed by atoms with Crippen molar-refractivity contribution < 1.29 is 26.7 Å². The van der Waals surface area contributed by atoms with Gasteiger partial charge >= 0.3 is 6.18 Å². The minimum absolute atomic E-state index is 0.0527. The molecular weight excluding hydrogens is 469 g/mol. The first-order chi connectivity index (χ1) is 16.7. The van der Waals surface area contributed by atoms with Crippen molar-refractivity contribution in [1.82, 2.24) is 20.2 Å². The summed E-state index contributed by atoms with van der Waals surface area (Å²) in [4.78, 5) is 21.6. The summed E-state index contributed by atoms with van der Waals surface area (Å²) in [5.74, 6) is -2.52. The number of carbonyl (C=O) groups excluding carboxylic acids is 1. The summed E-state index contributed by atoms with van der Waals surface area (Å²) < 4.78 is 69.1. The fourth-order valence-electron chi connectivity index (χ4n) is 4.74. The van der Waals surface area contributed by atoms with E-state index in [4.69, 9.17) is 0 Å². The smallest absolute Gasteiger partial charge is 0.345 e. The molecule has 1 aliphatic heterocycles. The fourth-order valence-corrected chi connectivity index (χ4v) is 4.74. The summed E-state index contributed by atoms with van der Waals surface area (Å²) in [7, 11) is 0. The molecule has 1 saturated carbocycles. The molecule has 178 valence electrons. The molecule has 2 aromatic heterocycles. The number of H-pyrrole nitrogens is 1. The topological polar surface area (TPSA) is 74.8 Å². The number of nitrogens with one attached hydrogen (secondary N) is 1. The van der Waals surface area contributed by atoms with Gasteiger partial charge in [-0.1, -0.05) is 0 Å². The third-order valence-electron chi connectivity index (χ3n) is 6.58. The van der Waals surface area contributed by atoms with Gasteiger partial charge in [-0.25, -0.2) is 13.8 Å². The van der Waals surface area contributed by atoms with Gasteiger partial charge in [0, 0.05) is 16.8 Å². The molecule has 11 heteroatoms. The Labute approximate surface area is 194 Å². The van der Waals surface area contributed by atoms with Crippen molar-refractivity contribution >= 4 is 22.6 Å². The Morgan fingerprint density at radius 2 is 1.71 bits per heavy atom. The quantitative estimate of drug-likeness (QED) is 0.309. The molecule has 1 saturated heterocycles. The molecule has 6 nitrogen and oxygen atoms in total. The van der Waals surface area contributed by atoms with E-state index in [-0.39, 0.29) is 28.6 Å². The number of carbonyl (C=O) groups is 1. The molecule has 2 aliphatic rings. The van der Waals surface area contributed by atoms with Gasteiger partial charge in [-0.2, -0.15) is 13.2 Å². The van der Waals surface area contributed by atoms with Crippen LogP contribution in [0.2, 0.25) is 0 Å². The molecule has 4 aromatic rings. The number of aromatic amines is 1. The monoisotopic (exact) mass is 485 g/mol.